The predicted octanol–water partition coefficient (Wildman–Crippen LogP) is 2.09. The van der Waals surface area contributed by atoms with Crippen LogP contribution in [0.15, 0.2) is 6.20 Å². The van der Waals surface area contributed by atoms with Crippen LogP contribution >= 0.6 is 22.6 Å². The summed E-state index contributed by atoms with van der Waals surface area (Å²) in [6, 6.07) is 0.109. The van der Waals surface area contributed by atoms with E-state index in [1.165, 1.54) is 0 Å². The molecule has 6 heteroatoms. The van der Waals surface area contributed by atoms with Crippen LogP contribution in [0.4, 0.5) is 4.79 Å². The number of carbonyl (C=O) groups is 1. The summed E-state index contributed by atoms with van der Waals surface area (Å²) in [6.45, 7) is 0.661. The second-order valence-electron chi connectivity index (χ2n) is 4.04. The SMILES string of the molecule is O=C(O)N1CCCCC1Cc1cn[nH]c1I. The van der Waals surface area contributed by atoms with Gasteiger partial charge in [-0.3, -0.25) is 5.10 Å². The molecular formula is C10H14IN3O2. The number of likely N-dealkylation sites (tertiary alicyclic amines) is 1. The predicted molar refractivity (Wildman–Crippen MR) is 67.4 cm³/mol. The summed E-state index contributed by atoms with van der Waals surface area (Å²) in [7, 11) is 0. The lowest BCUT2D eigenvalue weighted by Crippen LogP contribution is -2.44. The number of nitrogens with zero attached hydrogens (tertiary/aromatic N) is 2. The molecule has 1 fully saturated rings. The molecule has 1 aromatic heterocycles. The number of aromatic amines is 1. The van der Waals surface area contributed by atoms with E-state index in [-0.39, 0.29) is 6.04 Å². The fourth-order valence-corrected chi connectivity index (χ4v) is 2.65. The van der Waals surface area contributed by atoms with Gasteiger partial charge in [-0.05, 0) is 48.3 Å². The number of rotatable bonds is 2. The maximum atomic E-state index is 11.1. The second-order valence-corrected chi connectivity index (χ2v) is 5.12. The van der Waals surface area contributed by atoms with Crippen molar-refractivity contribution in [1.29, 1.82) is 0 Å². The Morgan fingerprint density at radius 2 is 2.50 bits per heavy atom. The van der Waals surface area contributed by atoms with E-state index in [4.69, 9.17) is 5.11 Å². The van der Waals surface area contributed by atoms with E-state index in [1.54, 1.807) is 11.1 Å². The summed E-state index contributed by atoms with van der Waals surface area (Å²) in [5.41, 5.74) is 1.11. The van der Waals surface area contributed by atoms with Crippen molar-refractivity contribution in [3.8, 4) is 0 Å². The molecule has 1 atom stereocenters. The summed E-state index contributed by atoms with van der Waals surface area (Å²) in [5.74, 6) is 0. The summed E-state index contributed by atoms with van der Waals surface area (Å²) >= 11 is 2.19. The Kier molecular flexibility index (Phi) is 3.67. The van der Waals surface area contributed by atoms with Gasteiger partial charge in [-0.25, -0.2) is 4.79 Å². The molecule has 1 aliphatic heterocycles. The van der Waals surface area contributed by atoms with Gasteiger partial charge in [0.1, 0.15) is 0 Å². The van der Waals surface area contributed by atoms with Crippen LogP contribution in [0.3, 0.4) is 0 Å². The van der Waals surface area contributed by atoms with Crippen LogP contribution in [-0.4, -0.2) is 38.9 Å². The lowest BCUT2D eigenvalue weighted by Gasteiger charge is -2.33. The topological polar surface area (TPSA) is 69.2 Å². The van der Waals surface area contributed by atoms with Gasteiger partial charge in [0.25, 0.3) is 0 Å². The molecule has 5 nitrogen and oxygen atoms in total. The number of aromatic nitrogens is 2. The Bertz CT molecular complexity index is 380. The maximum Gasteiger partial charge on any atom is 0.407 e. The van der Waals surface area contributed by atoms with E-state index >= 15 is 0 Å². The van der Waals surface area contributed by atoms with E-state index in [1.807, 2.05) is 0 Å². The van der Waals surface area contributed by atoms with Crippen LogP contribution in [0, 0.1) is 3.70 Å². The standard InChI is InChI=1S/C10H14IN3O2/c11-9-7(6-12-13-9)5-8-3-1-2-4-14(8)10(15)16/h6,8H,1-5H2,(H,12,13)(H,15,16). The minimum absolute atomic E-state index is 0.109. The van der Waals surface area contributed by atoms with Crippen LogP contribution in [0.25, 0.3) is 0 Å². The molecule has 2 rings (SSSR count). The van der Waals surface area contributed by atoms with Crippen LogP contribution in [-0.2, 0) is 6.42 Å². The van der Waals surface area contributed by atoms with Gasteiger partial charge in [0.2, 0.25) is 0 Å². The zero-order chi connectivity index (χ0) is 11.5. The first-order chi connectivity index (χ1) is 7.68. The smallest absolute Gasteiger partial charge is 0.407 e. The number of carboxylic acid groups (broad SMARTS) is 1. The van der Waals surface area contributed by atoms with Crippen LogP contribution in [0.1, 0.15) is 24.8 Å². The second kappa shape index (κ2) is 5.03. The highest BCUT2D eigenvalue weighted by Crippen LogP contribution is 2.22. The van der Waals surface area contributed by atoms with Gasteiger partial charge in [-0.1, -0.05) is 0 Å². The van der Waals surface area contributed by atoms with E-state index in [0.29, 0.717) is 6.54 Å². The van der Waals surface area contributed by atoms with Crippen molar-refractivity contribution in [3.05, 3.63) is 15.5 Å². The van der Waals surface area contributed by atoms with Gasteiger partial charge in [-0.15, -0.1) is 0 Å². The molecule has 1 aliphatic rings. The van der Waals surface area contributed by atoms with Crippen LogP contribution in [0.5, 0.6) is 0 Å². The molecule has 0 saturated carbocycles. The molecule has 0 bridgehead atoms. The van der Waals surface area contributed by atoms with Crippen molar-refractivity contribution in [2.75, 3.05) is 6.54 Å². The van der Waals surface area contributed by atoms with Crippen molar-refractivity contribution in [2.45, 2.75) is 31.7 Å². The Hall–Kier alpha value is -0.790. The van der Waals surface area contributed by atoms with Crippen molar-refractivity contribution in [3.63, 3.8) is 0 Å². The van der Waals surface area contributed by atoms with Crippen LogP contribution in [0.2, 0.25) is 0 Å². The molecule has 1 saturated heterocycles. The van der Waals surface area contributed by atoms with E-state index in [2.05, 4.69) is 32.8 Å². The van der Waals surface area contributed by atoms with Crippen LogP contribution < -0.4 is 0 Å². The normalized spacial score (nSPS) is 21.1. The summed E-state index contributed by atoms with van der Waals surface area (Å²) in [6.07, 6.45) is 4.79. The van der Waals surface area contributed by atoms with Crippen molar-refractivity contribution in [2.24, 2.45) is 0 Å². The minimum atomic E-state index is -0.803. The quantitative estimate of drug-likeness (QED) is 0.813. The lowest BCUT2D eigenvalue weighted by molar-refractivity contribution is 0.106. The van der Waals surface area contributed by atoms with Gasteiger partial charge in [-0.2, -0.15) is 5.10 Å². The zero-order valence-corrected chi connectivity index (χ0v) is 11.0. The monoisotopic (exact) mass is 335 g/mol. The third kappa shape index (κ3) is 2.47. The molecular weight excluding hydrogens is 321 g/mol. The first-order valence-electron chi connectivity index (χ1n) is 5.36. The molecule has 1 amide bonds. The number of piperidine rings is 1. The molecule has 0 aliphatic carbocycles. The van der Waals surface area contributed by atoms with Crippen molar-refractivity contribution >= 4 is 28.7 Å². The molecule has 0 radical (unpaired) electrons. The fourth-order valence-electron chi connectivity index (χ4n) is 2.16. The third-order valence-corrected chi connectivity index (χ3v) is 3.93. The first kappa shape index (κ1) is 11.7. The first-order valence-corrected chi connectivity index (χ1v) is 6.43. The minimum Gasteiger partial charge on any atom is -0.465 e. The van der Waals surface area contributed by atoms with Gasteiger partial charge < -0.3 is 10.0 Å². The Morgan fingerprint density at radius 1 is 1.69 bits per heavy atom. The number of H-pyrrole nitrogens is 1. The van der Waals surface area contributed by atoms with E-state index in [9.17, 15) is 4.79 Å². The van der Waals surface area contributed by atoms with Gasteiger partial charge >= 0.3 is 6.09 Å². The zero-order valence-electron chi connectivity index (χ0n) is 8.82. The molecule has 0 aromatic carbocycles. The van der Waals surface area contributed by atoms with Gasteiger partial charge in [0.05, 0.1) is 9.90 Å². The number of amides is 1. The average Bonchev–Trinajstić information content (AvgIpc) is 2.65. The molecule has 1 aromatic rings. The van der Waals surface area contributed by atoms with E-state index < -0.39 is 6.09 Å². The molecule has 1 unspecified atom stereocenters. The number of halogens is 1. The highest BCUT2D eigenvalue weighted by atomic mass is 127. The van der Waals surface area contributed by atoms with Crippen molar-refractivity contribution < 1.29 is 9.90 Å². The lowest BCUT2D eigenvalue weighted by atomic mass is 9.97. The molecule has 88 valence electrons. The molecule has 2 N–H and O–H groups in total. The summed E-state index contributed by atoms with van der Waals surface area (Å²) in [4.78, 5) is 12.6. The average molecular weight is 335 g/mol. The van der Waals surface area contributed by atoms with Crippen molar-refractivity contribution in [1.82, 2.24) is 15.1 Å². The molecule has 0 spiro atoms. The number of hydrogen-bond acceptors (Lipinski definition) is 2. The van der Waals surface area contributed by atoms with E-state index in [0.717, 1.165) is 34.9 Å². The number of hydrogen-bond donors (Lipinski definition) is 2. The molecule has 16 heavy (non-hydrogen) atoms. The Morgan fingerprint density at radius 3 is 3.12 bits per heavy atom. The third-order valence-electron chi connectivity index (χ3n) is 2.99. The maximum absolute atomic E-state index is 11.1. The number of nitrogens with one attached hydrogen (secondary N) is 1. The highest BCUT2D eigenvalue weighted by Gasteiger charge is 2.27. The largest absolute Gasteiger partial charge is 0.465 e. The van der Waals surface area contributed by atoms with Gasteiger partial charge in [0, 0.05) is 18.2 Å². The Labute approximate surface area is 107 Å². The summed E-state index contributed by atoms with van der Waals surface area (Å²) < 4.78 is 1.01. The Balaban J connectivity index is 2.07. The highest BCUT2D eigenvalue weighted by molar-refractivity contribution is 14.1. The van der Waals surface area contributed by atoms with Gasteiger partial charge in [0.15, 0.2) is 0 Å². The summed E-state index contributed by atoms with van der Waals surface area (Å²) in [5, 5.41) is 15.9. The fraction of sp³-hybridized carbons (Fsp3) is 0.600. The molecule has 2 heterocycles.